The molecule has 0 saturated heterocycles. The van der Waals surface area contributed by atoms with Crippen molar-refractivity contribution in [1.82, 2.24) is 9.80 Å². The smallest absolute Gasteiger partial charge is 0.101 e. The van der Waals surface area contributed by atoms with E-state index in [4.69, 9.17) is 0 Å². The molecule has 0 aromatic carbocycles. The third-order valence-corrected chi connectivity index (χ3v) is 13.1. The number of nitrogens with zero attached hydrogens (tertiary/aromatic N) is 2. The van der Waals surface area contributed by atoms with Crippen molar-refractivity contribution >= 4 is 0 Å². The Labute approximate surface area is 350 Å². The van der Waals surface area contributed by atoms with Gasteiger partial charge in [0.15, 0.2) is 0 Å². The van der Waals surface area contributed by atoms with Crippen molar-refractivity contribution in [2.75, 3.05) is 13.1 Å². The standard InChI is InChI=1S/C53H106N2/c1-4-7-10-13-16-19-22-25-28-31-34-37-40-43-46-49-54-51-52-55(50-47-44-41-38-35-32-29-26-23-20-17-14-11-8-5-2)53(54)48-45-42-39-36-33-30-27-24-21-18-15-12-9-6-3/h51-53H,4-50H2,1-3H3. The van der Waals surface area contributed by atoms with Crippen LogP contribution in [0.5, 0.6) is 0 Å². The lowest BCUT2D eigenvalue weighted by Crippen LogP contribution is -2.39. The fourth-order valence-corrected chi connectivity index (χ4v) is 9.19. The molecule has 0 N–H and O–H groups in total. The van der Waals surface area contributed by atoms with Crippen molar-refractivity contribution in [2.24, 2.45) is 0 Å². The lowest BCUT2D eigenvalue weighted by molar-refractivity contribution is 0.135. The highest BCUT2D eigenvalue weighted by Crippen LogP contribution is 2.24. The molecule has 0 aromatic heterocycles. The molecule has 1 rings (SSSR count). The topological polar surface area (TPSA) is 6.48 Å². The summed E-state index contributed by atoms with van der Waals surface area (Å²) in [5.74, 6) is 0. The highest BCUT2D eigenvalue weighted by atomic mass is 15.4. The van der Waals surface area contributed by atoms with E-state index in [2.05, 4.69) is 43.0 Å². The van der Waals surface area contributed by atoms with Gasteiger partial charge in [0.2, 0.25) is 0 Å². The van der Waals surface area contributed by atoms with Gasteiger partial charge >= 0.3 is 0 Å². The Morgan fingerprint density at radius 2 is 0.418 bits per heavy atom. The lowest BCUT2D eigenvalue weighted by Gasteiger charge is -2.33. The normalized spacial score (nSPS) is 13.3. The van der Waals surface area contributed by atoms with Gasteiger partial charge in [-0.25, -0.2) is 0 Å². The quantitative estimate of drug-likeness (QED) is 0.0569. The van der Waals surface area contributed by atoms with E-state index in [1.165, 1.54) is 302 Å². The van der Waals surface area contributed by atoms with Crippen molar-refractivity contribution in [1.29, 1.82) is 0 Å². The summed E-state index contributed by atoms with van der Waals surface area (Å²) < 4.78 is 0. The fraction of sp³-hybridized carbons (Fsp3) is 0.962. The van der Waals surface area contributed by atoms with Crippen molar-refractivity contribution in [2.45, 2.75) is 316 Å². The fourth-order valence-electron chi connectivity index (χ4n) is 9.19. The maximum Gasteiger partial charge on any atom is 0.101 e. The molecular formula is C53H106N2. The van der Waals surface area contributed by atoms with Crippen molar-refractivity contribution in [3.05, 3.63) is 12.4 Å². The Bertz CT molecular complexity index is 688. The second-order valence-electron chi connectivity index (χ2n) is 18.5. The van der Waals surface area contributed by atoms with Gasteiger partial charge in [-0.05, 0) is 25.7 Å². The Hall–Kier alpha value is -0.660. The van der Waals surface area contributed by atoms with Crippen LogP contribution in [0, 0.1) is 0 Å². The van der Waals surface area contributed by atoms with E-state index in [-0.39, 0.29) is 0 Å². The molecule has 0 aromatic rings. The van der Waals surface area contributed by atoms with Crippen molar-refractivity contribution in [3.63, 3.8) is 0 Å². The summed E-state index contributed by atoms with van der Waals surface area (Å²) in [5, 5.41) is 0. The highest BCUT2D eigenvalue weighted by molar-refractivity contribution is 4.97. The number of unbranched alkanes of at least 4 members (excludes halogenated alkanes) is 41. The predicted octanol–water partition coefficient (Wildman–Crippen LogP) is 19.0. The summed E-state index contributed by atoms with van der Waals surface area (Å²) in [4.78, 5) is 5.49. The molecule has 1 aliphatic rings. The van der Waals surface area contributed by atoms with Crippen molar-refractivity contribution < 1.29 is 0 Å². The Kier molecular flexibility index (Phi) is 42.3. The molecule has 55 heavy (non-hydrogen) atoms. The summed E-state index contributed by atoms with van der Waals surface area (Å²) in [6.07, 6.45) is 70.8. The lowest BCUT2D eigenvalue weighted by atomic mass is 10.0. The molecule has 0 unspecified atom stereocenters. The zero-order valence-corrected chi connectivity index (χ0v) is 38.9. The van der Waals surface area contributed by atoms with E-state index < -0.39 is 0 Å². The molecule has 1 aliphatic heterocycles. The first kappa shape index (κ1) is 52.4. The molecular weight excluding hydrogens is 665 g/mol. The molecule has 0 radical (unpaired) electrons. The van der Waals surface area contributed by atoms with Gasteiger partial charge in [-0.15, -0.1) is 0 Å². The molecule has 328 valence electrons. The minimum absolute atomic E-state index is 0.635. The minimum Gasteiger partial charge on any atom is -0.356 e. The molecule has 0 amide bonds. The van der Waals surface area contributed by atoms with E-state index in [0.717, 1.165) is 0 Å². The van der Waals surface area contributed by atoms with Crippen LogP contribution in [0.2, 0.25) is 0 Å². The molecule has 0 atom stereocenters. The van der Waals surface area contributed by atoms with Gasteiger partial charge in [0.05, 0.1) is 0 Å². The molecule has 2 heteroatoms. The Morgan fingerprint density at radius 3 is 0.636 bits per heavy atom. The summed E-state index contributed by atoms with van der Waals surface area (Å²) in [7, 11) is 0. The third-order valence-electron chi connectivity index (χ3n) is 13.1. The van der Waals surface area contributed by atoms with Crippen LogP contribution in [-0.4, -0.2) is 29.1 Å². The molecule has 1 heterocycles. The highest BCUT2D eigenvalue weighted by Gasteiger charge is 2.25. The summed E-state index contributed by atoms with van der Waals surface area (Å²) >= 11 is 0. The van der Waals surface area contributed by atoms with Gasteiger partial charge in [0.1, 0.15) is 6.17 Å². The van der Waals surface area contributed by atoms with E-state index in [1.807, 2.05) is 0 Å². The SMILES string of the molecule is CCCCCCCCCCCCCCCCCN1C=CN(CCCCCCCCCCCCCCCCC)C1CCCCCCCCCCCCCCCC. The Balaban J connectivity index is 2.20. The largest absolute Gasteiger partial charge is 0.356 e. The molecule has 0 saturated carbocycles. The zero-order chi connectivity index (χ0) is 39.4. The zero-order valence-electron chi connectivity index (χ0n) is 38.9. The molecule has 0 fully saturated rings. The van der Waals surface area contributed by atoms with Crippen LogP contribution in [0.4, 0.5) is 0 Å². The average molecular weight is 771 g/mol. The van der Waals surface area contributed by atoms with Crippen LogP contribution in [0.3, 0.4) is 0 Å². The maximum absolute atomic E-state index is 2.75. The van der Waals surface area contributed by atoms with Crippen LogP contribution in [0.25, 0.3) is 0 Å². The van der Waals surface area contributed by atoms with Crippen LogP contribution >= 0.6 is 0 Å². The summed E-state index contributed by atoms with van der Waals surface area (Å²) in [6, 6.07) is 0. The summed E-state index contributed by atoms with van der Waals surface area (Å²) in [6.45, 7) is 9.50. The number of hydrogen-bond donors (Lipinski definition) is 0. The van der Waals surface area contributed by atoms with Gasteiger partial charge in [-0.3, -0.25) is 0 Å². The summed E-state index contributed by atoms with van der Waals surface area (Å²) in [5.41, 5.74) is 0. The number of rotatable bonds is 47. The predicted molar refractivity (Wildman–Crippen MR) is 251 cm³/mol. The molecule has 2 nitrogen and oxygen atoms in total. The van der Waals surface area contributed by atoms with Crippen LogP contribution in [0.15, 0.2) is 12.4 Å². The van der Waals surface area contributed by atoms with E-state index in [0.29, 0.717) is 6.17 Å². The van der Waals surface area contributed by atoms with E-state index in [1.54, 1.807) is 0 Å². The third kappa shape index (κ3) is 36.2. The van der Waals surface area contributed by atoms with Gasteiger partial charge in [0, 0.05) is 25.5 Å². The van der Waals surface area contributed by atoms with E-state index in [9.17, 15) is 0 Å². The van der Waals surface area contributed by atoms with Crippen LogP contribution in [0.1, 0.15) is 310 Å². The number of hydrogen-bond acceptors (Lipinski definition) is 2. The van der Waals surface area contributed by atoms with Crippen molar-refractivity contribution in [3.8, 4) is 0 Å². The van der Waals surface area contributed by atoms with Gasteiger partial charge in [-0.1, -0.05) is 284 Å². The first-order valence-electron chi connectivity index (χ1n) is 26.5. The molecule has 0 spiro atoms. The maximum atomic E-state index is 2.75. The first-order chi connectivity index (χ1) is 27.3. The minimum atomic E-state index is 0.635. The average Bonchev–Trinajstić information content (AvgIpc) is 3.58. The van der Waals surface area contributed by atoms with Gasteiger partial charge in [0.25, 0.3) is 0 Å². The second-order valence-corrected chi connectivity index (χ2v) is 18.5. The van der Waals surface area contributed by atoms with Gasteiger partial charge < -0.3 is 9.80 Å². The monoisotopic (exact) mass is 771 g/mol. The van der Waals surface area contributed by atoms with Gasteiger partial charge in [-0.2, -0.15) is 0 Å². The Morgan fingerprint density at radius 1 is 0.236 bits per heavy atom. The second kappa shape index (κ2) is 44.4. The molecule has 0 aliphatic carbocycles. The molecule has 0 bridgehead atoms. The van der Waals surface area contributed by atoms with E-state index >= 15 is 0 Å². The first-order valence-corrected chi connectivity index (χ1v) is 26.5. The van der Waals surface area contributed by atoms with Crippen LogP contribution < -0.4 is 0 Å². The van der Waals surface area contributed by atoms with Crippen LogP contribution in [-0.2, 0) is 0 Å².